The molecule has 0 amide bonds. The summed E-state index contributed by atoms with van der Waals surface area (Å²) in [4.78, 5) is 12.1. The first kappa shape index (κ1) is 12.3. The van der Waals surface area contributed by atoms with E-state index in [2.05, 4.69) is 0 Å². The molecule has 0 saturated carbocycles. The number of methoxy groups -OCH3 is 1. The van der Waals surface area contributed by atoms with Gasteiger partial charge in [-0.1, -0.05) is 13.0 Å². The van der Waals surface area contributed by atoms with Gasteiger partial charge in [-0.3, -0.25) is 9.48 Å². The lowest BCUT2D eigenvalue weighted by Gasteiger charge is -2.10. The minimum Gasteiger partial charge on any atom is -0.497 e. The van der Waals surface area contributed by atoms with Crippen molar-refractivity contribution in [3.05, 3.63) is 40.3 Å². The fourth-order valence-corrected chi connectivity index (χ4v) is 2.12. The lowest BCUT2D eigenvalue weighted by Crippen LogP contribution is -2.20. The second kappa shape index (κ2) is 4.60. The van der Waals surface area contributed by atoms with Crippen molar-refractivity contribution in [2.45, 2.75) is 13.3 Å². The molecule has 18 heavy (non-hydrogen) atoms. The molecule has 0 aliphatic heterocycles. The van der Waals surface area contributed by atoms with Gasteiger partial charge in [0.2, 0.25) is 0 Å². The van der Waals surface area contributed by atoms with E-state index in [1.165, 1.54) is 0 Å². The molecule has 0 bridgehead atoms. The van der Waals surface area contributed by atoms with Gasteiger partial charge in [-0.05, 0) is 18.6 Å². The lowest BCUT2D eigenvalue weighted by molar-refractivity contribution is 0.414. The Balaban J connectivity index is 2.67. The Kier molecular flexibility index (Phi) is 3.14. The molecule has 5 nitrogen and oxygen atoms in total. The van der Waals surface area contributed by atoms with Gasteiger partial charge in [0.15, 0.2) is 0 Å². The zero-order valence-electron chi connectivity index (χ0n) is 10.8. The summed E-state index contributed by atoms with van der Waals surface area (Å²) in [6.07, 6.45) is 0.717. The maximum absolute atomic E-state index is 12.1. The summed E-state index contributed by atoms with van der Waals surface area (Å²) >= 11 is 0. The topological polar surface area (TPSA) is 62.2 Å². The molecule has 1 aromatic carbocycles. The smallest absolute Gasteiger partial charge is 0.294 e. The van der Waals surface area contributed by atoms with Crippen molar-refractivity contribution in [1.29, 1.82) is 0 Å². The number of ether oxygens (including phenoxy) is 1. The first-order valence-electron chi connectivity index (χ1n) is 5.81. The molecule has 0 spiro atoms. The van der Waals surface area contributed by atoms with E-state index in [0.29, 0.717) is 17.9 Å². The average Bonchev–Trinajstić information content (AvgIpc) is 2.60. The largest absolute Gasteiger partial charge is 0.497 e. The molecule has 0 radical (unpaired) electrons. The van der Waals surface area contributed by atoms with Crippen LogP contribution in [-0.4, -0.2) is 16.5 Å². The summed E-state index contributed by atoms with van der Waals surface area (Å²) < 4.78 is 8.50. The molecular formula is C13H17N3O2. The lowest BCUT2D eigenvalue weighted by atomic mass is 10.3. The Morgan fingerprint density at radius 3 is 2.67 bits per heavy atom. The summed E-state index contributed by atoms with van der Waals surface area (Å²) in [5, 5.41) is 0. The van der Waals surface area contributed by atoms with Crippen molar-refractivity contribution >= 4 is 5.69 Å². The molecule has 2 N–H and O–H groups in total. The Labute approximate surface area is 105 Å². The second-order valence-electron chi connectivity index (χ2n) is 4.06. The Bertz CT molecular complexity index is 626. The molecule has 0 fully saturated rings. The number of rotatable bonds is 3. The normalized spacial score (nSPS) is 10.6. The van der Waals surface area contributed by atoms with Crippen molar-refractivity contribution in [2.24, 2.45) is 7.05 Å². The number of nitrogen functional groups attached to an aromatic ring is 1. The average molecular weight is 247 g/mol. The van der Waals surface area contributed by atoms with Crippen LogP contribution < -0.4 is 16.0 Å². The first-order chi connectivity index (χ1) is 8.60. The van der Waals surface area contributed by atoms with E-state index in [1.54, 1.807) is 22.5 Å². The number of hydrogen-bond acceptors (Lipinski definition) is 3. The van der Waals surface area contributed by atoms with E-state index < -0.39 is 0 Å². The summed E-state index contributed by atoms with van der Waals surface area (Å²) in [5.74, 6) is 0.706. The number of nitrogens with zero attached hydrogens (tertiary/aromatic N) is 2. The monoisotopic (exact) mass is 247 g/mol. The van der Waals surface area contributed by atoms with Gasteiger partial charge in [0.25, 0.3) is 5.56 Å². The van der Waals surface area contributed by atoms with E-state index in [1.807, 2.05) is 32.2 Å². The van der Waals surface area contributed by atoms with Gasteiger partial charge in [-0.15, -0.1) is 0 Å². The minimum absolute atomic E-state index is 0.192. The fraction of sp³-hybridized carbons (Fsp3) is 0.308. The maximum Gasteiger partial charge on any atom is 0.294 e. The van der Waals surface area contributed by atoms with Crippen LogP contribution in [0.25, 0.3) is 5.69 Å². The highest BCUT2D eigenvalue weighted by molar-refractivity contribution is 5.47. The summed E-state index contributed by atoms with van der Waals surface area (Å²) in [5.41, 5.74) is 7.53. The van der Waals surface area contributed by atoms with Gasteiger partial charge in [0.1, 0.15) is 11.4 Å². The van der Waals surface area contributed by atoms with Crippen molar-refractivity contribution in [2.75, 3.05) is 12.8 Å². The number of benzene rings is 1. The highest BCUT2D eigenvalue weighted by Crippen LogP contribution is 2.17. The van der Waals surface area contributed by atoms with Gasteiger partial charge < -0.3 is 10.5 Å². The van der Waals surface area contributed by atoms with Gasteiger partial charge in [0.05, 0.1) is 18.5 Å². The van der Waals surface area contributed by atoms with Crippen LogP contribution in [-0.2, 0) is 13.5 Å². The molecule has 2 aromatic rings. The van der Waals surface area contributed by atoms with Crippen molar-refractivity contribution < 1.29 is 4.74 Å². The Morgan fingerprint density at radius 1 is 1.39 bits per heavy atom. The zero-order valence-corrected chi connectivity index (χ0v) is 10.8. The Morgan fingerprint density at radius 2 is 2.11 bits per heavy atom. The molecule has 1 aromatic heterocycles. The molecule has 0 aliphatic rings. The highest BCUT2D eigenvalue weighted by Gasteiger charge is 2.15. The molecule has 2 rings (SSSR count). The molecule has 0 unspecified atom stereocenters. The predicted molar refractivity (Wildman–Crippen MR) is 71.4 cm³/mol. The number of hydrogen-bond donors (Lipinski definition) is 1. The van der Waals surface area contributed by atoms with Gasteiger partial charge in [-0.2, -0.15) is 0 Å². The van der Waals surface area contributed by atoms with E-state index in [4.69, 9.17) is 10.5 Å². The van der Waals surface area contributed by atoms with E-state index >= 15 is 0 Å². The number of nitrogens with two attached hydrogens (primary N) is 1. The van der Waals surface area contributed by atoms with Crippen molar-refractivity contribution in [3.63, 3.8) is 0 Å². The third kappa shape index (κ3) is 1.77. The van der Waals surface area contributed by atoms with Crippen LogP contribution in [0.3, 0.4) is 0 Å². The van der Waals surface area contributed by atoms with Gasteiger partial charge >= 0.3 is 0 Å². The molecule has 1 heterocycles. The van der Waals surface area contributed by atoms with Crippen LogP contribution in [0.2, 0.25) is 0 Å². The molecule has 5 heteroatoms. The summed E-state index contributed by atoms with van der Waals surface area (Å²) in [6, 6.07) is 7.33. The zero-order chi connectivity index (χ0) is 13.3. The van der Waals surface area contributed by atoms with Crippen LogP contribution >= 0.6 is 0 Å². The van der Waals surface area contributed by atoms with Crippen LogP contribution in [0, 0.1) is 0 Å². The quantitative estimate of drug-likeness (QED) is 0.890. The minimum atomic E-state index is -0.192. The maximum atomic E-state index is 12.1. The van der Waals surface area contributed by atoms with E-state index in [-0.39, 0.29) is 5.56 Å². The van der Waals surface area contributed by atoms with Crippen LogP contribution in [0.4, 0.5) is 5.69 Å². The Hall–Kier alpha value is -2.17. The molecular weight excluding hydrogens is 230 g/mol. The van der Waals surface area contributed by atoms with Gasteiger partial charge in [-0.25, -0.2) is 4.68 Å². The molecule has 0 saturated heterocycles. The summed E-state index contributed by atoms with van der Waals surface area (Å²) in [6.45, 7) is 1.97. The third-order valence-electron chi connectivity index (χ3n) is 3.06. The molecule has 0 aliphatic carbocycles. The SMILES string of the molecule is CCc1c(N)c(=O)n(-c2cccc(OC)c2)n1C. The number of anilines is 1. The van der Waals surface area contributed by atoms with Gasteiger partial charge in [0, 0.05) is 13.1 Å². The van der Waals surface area contributed by atoms with Crippen LogP contribution in [0.5, 0.6) is 5.75 Å². The van der Waals surface area contributed by atoms with Crippen LogP contribution in [0.15, 0.2) is 29.1 Å². The highest BCUT2D eigenvalue weighted by atomic mass is 16.5. The third-order valence-corrected chi connectivity index (χ3v) is 3.06. The second-order valence-corrected chi connectivity index (χ2v) is 4.06. The van der Waals surface area contributed by atoms with Crippen molar-refractivity contribution in [1.82, 2.24) is 9.36 Å². The van der Waals surface area contributed by atoms with Crippen molar-refractivity contribution in [3.8, 4) is 11.4 Å². The predicted octanol–water partition coefficient (Wildman–Crippen LogP) is 1.33. The van der Waals surface area contributed by atoms with Crippen LogP contribution in [0.1, 0.15) is 12.6 Å². The van der Waals surface area contributed by atoms with E-state index in [0.717, 1.165) is 11.4 Å². The van der Waals surface area contributed by atoms with E-state index in [9.17, 15) is 4.79 Å². The fourth-order valence-electron chi connectivity index (χ4n) is 2.12. The standard InChI is InChI=1S/C13H17N3O2/c1-4-11-12(14)13(17)16(15(11)2)9-6-5-7-10(8-9)18-3/h5-8H,4,14H2,1-3H3. The molecule has 96 valence electrons. The summed E-state index contributed by atoms with van der Waals surface area (Å²) in [7, 11) is 3.43. The first-order valence-corrected chi connectivity index (χ1v) is 5.81. The number of aromatic nitrogens is 2. The molecule has 0 atom stereocenters.